The van der Waals surface area contributed by atoms with Gasteiger partial charge in [0, 0.05) is 36.8 Å². The van der Waals surface area contributed by atoms with Crippen molar-refractivity contribution in [3.63, 3.8) is 0 Å². The van der Waals surface area contributed by atoms with Crippen LogP contribution in [0.3, 0.4) is 0 Å². The fraction of sp³-hybridized carbons (Fsp3) is 0.400. The molecule has 0 aliphatic heterocycles. The average Bonchev–Trinajstić information content (AvgIpc) is 3.25. The molecule has 3 aromatic rings. The molecule has 180 valence electrons. The summed E-state index contributed by atoms with van der Waals surface area (Å²) in [6.07, 6.45) is -2.04. The second kappa shape index (κ2) is 12.5. The lowest BCUT2D eigenvalue weighted by molar-refractivity contribution is -0.137. The van der Waals surface area contributed by atoms with Gasteiger partial charge in [0.2, 0.25) is 0 Å². The third-order valence-corrected chi connectivity index (χ3v) is 5.71. The number of benzene rings is 2. The minimum absolute atomic E-state index is 0.186. The first-order valence-corrected chi connectivity index (χ1v) is 11.9. The number of nitrogens with zero attached hydrogens (tertiary/aromatic N) is 2. The van der Waals surface area contributed by atoms with Gasteiger partial charge in [-0.3, -0.25) is 0 Å². The third kappa shape index (κ3) is 7.67. The maximum atomic E-state index is 13.7. The van der Waals surface area contributed by atoms with Crippen LogP contribution in [0.5, 0.6) is 5.75 Å². The monoisotopic (exact) mass is 479 g/mol. The number of anilines is 3. The molecule has 0 unspecified atom stereocenters. The molecule has 3 rings (SSSR count). The van der Waals surface area contributed by atoms with Gasteiger partial charge in [0.15, 0.2) is 5.13 Å². The summed E-state index contributed by atoms with van der Waals surface area (Å²) < 4.78 is 46.2. The van der Waals surface area contributed by atoms with Crippen molar-refractivity contribution in [2.75, 3.05) is 30.9 Å². The predicted molar refractivity (Wildman–Crippen MR) is 132 cm³/mol. The van der Waals surface area contributed by atoms with Crippen molar-refractivity contribution in [3.8, 4) is 5.75 Å². The number of hydrogen-bond acceptors (Lipinski definition) is 5. The maximum Gasteiger partial charge on any atom is 0.418 e. The van der Waals surface area contributed by atoms with Gasteiger partial charge in [0.1, 0.15) is 5.75 Å². The van der Waals surface area contributed by atoms with Crippen molar-refractivity contribution in [2.45, 2.75) is 46.2 Å². The Kier molecular flexibility index (Phi) is 10.0. The Labute approximate surface area is 198 Å². The summed E-state index contributed by atoms with van der Waals surface area (Å²) in [6.45, 7) is 6.59. The second-order valence-corrected chi connectivity index (χ2v) is 8.16. The van der Waals surface area contributed by atoms with Gasteiger partial charge in [0.25, 0.3) is 0 Å². The fourth-order valence-corrected chi connectivity index (χ4v) is 3.94. The molecule has 0 amide bonds. The minimum Gasteiger partial charge on any atom is -0.497 e. The van der Waals surface area contributed by atoms with Gasteiger partial charge in [-0.25, -0.2) is 4.98 Å². The summed E-state index contributed by atoms with van der Waals surface area (Å²) in [4.78, 5) is 6.18. The number of nitrogens with one attached hydrogen (secondary N) is 1. The molecule has 0 aliphatic rings. The molecule has 33 heavy (non-hydrogen) atoms. The first kappa shape index (κ1) is 26.5. The molecule has 1 heterocycles. The van der Waals surface area contributed by atoms with E-state index < -0.39 is 11.7 Å². The molecule has 1 aromatic heterocycles. The van der Waals surface area contributed by atoms with Gasteiger partial charge in [0.05, 0.1) is 18.4 Å². The smallest absolute Gasteiger partial charge is 0.418 e. The number of hydrogen-bond donors (Lipinski definition) is 1. The molecule has 0 atom stereocenters. The van der Waals surface area contributed by atoms with Crippen LogP contribution >= 0.6 is 11.3 Å². The molecule has 0 bridgehead atoms. The summed E-state index contributed by atoms with van der Waals surface area (Å²) in [6, 6.07) is 12.0. The zero-order valence-corrected chi connectivity index (χ0v) is 20.6. The standard InChI is InChI=1S/C23H26F3N3OS.C2H6/c1-4-5-12-29(2)21-11-8-17(14-20(21)23(24,25)26)27-22-28-18(15-31-22)13-16-6-9-19(30-3)10-7-16;1-2/h6-11,14-15H,4-5,12-13H2,1-3H3,(H,27,28);1-2H3. The topological polar surface area (TPSA) is 37.4 Å². The molecule has 2 aromatic carbocycles. The highest BCUT2D eigenvalue weighted by Crippen LogP contribution is 2.38. The van der Waals surface area contributed by atoms with E-state index >= 15 is 0 Å². The molecule has 0 saturated heterocycles. The van der Waals surface area contributed by atoms with Crippen molar-refractivity contribution < 1.29 is 17.9 Å². The largest absolute Gasteiger partial charge is 0.497 e. The van der Waals surface area contributed by atoms with Gasteiger partial charge in [-0.2, -0.15) is 13.2 Å². The lowest BCUT2D eigenvalue weighted by Gasteiger charge is -2.24. The van der Waals surface area contributed by atoms with Crippen molar-refractivity contribution in [1.29, 1.82) is 0 Å². The van der Waals surface area contributed by atoms with E-state index in [1.807, 2.05) is 50.4 Å². The number of unbranched alkanes of at least 4 members (excludes halogenated alkanes) is 1. The highest BCUT2D eigenvalue weighted by atomic mass is 32.1. The van der Waals surface area contributed by atoms with Gasteiger partial charge < -0.3 is 15.0 Å². The van der Waals surface area contributed by atoms with E-state index in [1.165, 1.54) is 17.4 Å². The van der Waals surface area contributed by atoms with Gasteiger partial charge >= 0.3 is 6.18 Å². The Morgan fingerprint density at radius 2 is 1.79 bits per heavy atom. The number of rotatable bonds is 9. The fourth-order valence-electron chi connectivity index (χ4n) is 3.21. The molecule has 1 N–H and O–H groups in total. The van der Waals surface area contributed by atoms with Gasteiger partial charge in [-0.1, -0.05) is 39.3 Å². The van der Waals surface area contributed by atoms with Crippen LogP contribution in [-0.4, -0.2) is 25.7 Å². The Balaban J connectivity index is 0.00000187. The quantitative estimate of drug-likeness (QED) is 0.340. The van der Waals surface area contributed by atoms with Crippen molar-refractivity contribution in [2.24, 2.45) is 0 Å². The van der Waals surface area contributed by atoms with Crippen LogP contribution in [0.1, 0.15) is 50.4 Å². The zero-order valence-electron chi connectivity index (χ0n) is 19.8. The second-order valence-electron chi connectivity index (χ2n) is 7.30. The first-order valence-electron chi connectivity index (χ1n) is 11.1. The van der Waals surface area contributed by atoms with Gasteiger partial charge in [-0.15, -0.1) is 11.3 Å². The van der Waals surface area contributed by atoms with E-state index in [9.17, 15) is 13.2 Å². The predicted octanol–water partition coefficient (Wildman–Crippen LogP) is 7.77. The van der Waals surface area contributed by atoms with Crippen LogP contribution in [-0.2, 0) is 12.6 Å². The highest BCUT2D eigenvalue weighted by molar-refractivity contribution is 7.13. The summed E-state index contributed by atoms with van der Waals surface area (Å²) in [5, 5.41) is 5.48. The number of aromatic nitrogens is 1. The highest BCUT2D eigenvalue weighted by Gasteiger charge is 2.34. The summed E-state index contributed by atoms with van der Waals surface area (Å²) in [5.41, 5.74) is 1.84. The van der Waals surface area contributed by atoms with Crippen molar-refractivity contribution in [3.05, 3.63) is 64.7 Å². The van der Waals surface area contributed by atoms with Crippen molar-refractivity contribution >= 4 is 27.8 Å². The van der Waals surface area contributed by atoms with E-state index in [0.29, 0.717) is 23.8 Å². The number of alkyl halides is 3. The number of halogens is 3. The molecular weight excluding hydrogens is 447 g/mol. The Bertz CT molecular complexity index is 987. The molecule has 8 heteroatoms. The Hall–Kier alpha value is -2.74. The summed E-state index contributed by atoms with van der Waals surface area (Å²) in [5.74, 6) is 0.786. The van der Waals surface area contributed by atoms with E-state index in [0.717, 1.165) is 35.9 Å². The van der Waals surface area contributed by atoms with Crippen LogP contribution in [0.15, 0.2) is 47.8 Å². The van der Waals surface area contributed by atoms with Gasteiger partial charge in [-0.05, 0) is 42.3 Å². The average molecular weight is 480 g/mol. The van der Waals surface area contributed by atoms with E-state index in [4.69, 9.17) is 4.74 Å². The molecular formula is C25H32F3N3OS. The van der Waals surface area contributed by atoms with Crippen LogP contribution in [0.2, 0.25) is 0 Å². The third-order valence-electron chi connectivity index (χ3n) is 4.91. The van der Waals surface area contributed by atoms with Crippen LogP contribution in [0, 0.1) is 0 Å². The van der Waals surface area contributed by atoms with Crippen molar-refractivity contribution in [1.82, 2.24) is 4.98 Å². The number of methoxy groups -OCH3 is 1. The SMILES string of the molecule is CC.CCCCN(C)c1ccc(Nc2nc(Cc3ccc(OC)cc3)cs2)cc1C(F)(F)F. The first-order chi connectivity index (χ1) is 15.8. The van der Waals surface area contributed by atoms with Crippen LogP contribution < -0.4 is 15.0 Å². The number of thiazole rings is 1. The maximum absolute atomic E-state index is 13.7. The normalized spacial score (nSPS) is 10.9. The minimum atomic E-state index is -4.43. The number of ether oxygens (including phenoxy) is 1. The Morgan fingerprint density at radius 1 is 1.09 bits per heavy atom. The lowest BCUT2D eigenvalue weighted by atomic mass is 10.1. The lowest BCUT2D eigenvalue weighted by Crippen LogP contribution is -2.22. The zero-order chi connectivity index (χ0) is 24.4. The Morgan fingerprint density at radius 3 is 2.39 bits per heavy atom. The molecule has 0 fully saturated rings. The summed E-state index contributed by atoms with van der Waals surface area (Å²) in [7, 11) is 3.31. The molecule has 4 nitrogen and oxygen atoms in total. The summed E-state index contributed by atoms with van der Waals surface area (Å²) >= 11 is 1.37. The van der Waals surface area contributed by atoms with E-state index in [-0.39, 0.29) is 5.69 Å². The molecule has 0 saturated carbocycles. The molecule has 0 spiro atoms. The van der Waals surface area contributed by atoms with E-state index in [1.54, 1.807) is 25.1 Å². The molecule has 0 aliphatic carbocycles. The van der Waals surface area contributed by atoms with Crippen LogP contribution in [0.4, 0.5) is 29.7 Å². The molecule has 0 radical (unpaired) electrons. The van der Waals surface area contributed by atoms with E-state index in [2.05, 4.69) is 10.3 Å². The van der Waals surface area contributed by atoms with Crippen LogP contribution in [0.25, 0.3) is 0 Å².